The third-order valence-corrected chi connectivity index (χ3v) is 3.36. The number of halogens is 1. The molecule has 0 saturated heterocycles. The Balaban J connectivity index is 0.00000324. The van der Waals surface area contributed by atoms with Crippen molar-refractivity contribution in [1.82, 2.24) is 10.6 Å². The molecule has 0 saturated carbocycles. The van der Waals surface area contributed by atoms with Gasteiger partial charge in [-0.1, -0.05) is 6.92 Å². The number of hydrogen-bond acceptors (Lipinski definition) is 5. The highest BCUT2D eigenvalue weighted by atomic mass is 35.5. The van der Waals surface area contributed by atoms with Crippen molar-refractivity contribution >= 4 is 35.3 Å². The van der Waals surface area contributed by atoms with Gasteiger partial charge in [0.25, 0.3) is 11.6 Å². The zero-order chi connectivity index (χ0) is 13.5. The van der Waals surface area contributed by atoms with Crippen LogP contribution < -0.4 is 10.6 Å². The first kappa shape index (κ1) is 17.8. The molecular weight excluding hydrogens is 290 g/mol. The Bertz CT molecular complexity index is 437. The highest BCUT2D eigenvalue weighted by Gasteiger charge is 2.18. The van der Waals surface area contributed by atoms with E-state index < -0.39 is 4.92 Å². The zero-order valence-electron chi connectivity index (χ0n) is 10.9. The molecular formula is C11H18ClN3O3S. The van der Waals surface area contributed by atoms with Gasteiger partial charge in [-0.2, -0.15) is 0 Å². The minimum absolute atomic E-state index is 0. The van der Waals surface area contributed by atoms with Crippen LogP contribution >= 0.6 is 23.7 Å². The number of carbonyl (C=O) groups excluding carboxylic acids is 1. The summed E-state index contributed by atoms with van der Waals surface area (Å²) < 4.78 is 0. The average Bonchev–Trinajstić information content (AvgIpc) is 2.71. The molecule has 0 spiro atoms. The second kappa shape index (κ2) is 8.84. The molecule has 0 fully saturated rings. The van der Waals surface area contributed by atoms with Crippen LogP contribution in [-0.4, -0.2) is 30.5 Å². The van der Waals surface area contributed by atoms with Gasteiger partial charge >= 0.3 is 0 Å². The molecule has 0 radical (unpaired) electrons. The number of thiophene rings is 1. The van der Waals surface area contributed by atoms with Crippen molar-refractivity contribution in [3.8, 4) is 0 Å². The van der Waals surface area contributed by atoms with Crippen molar-refractivity contribution in [1.29, 1.82) is 0 Å². The number of nitro groups is 1. The molecule has 1 rings (SSSR count). The molecule has 1 amide bonds. The van der Waals surface area contributed by atoms with Crippen LogP contribution in [0.3, 0.4) is 0 Å². The summed E-state index contributed by atoms with van der Waals surface area (Å²) in [6.45, 7) is 5.84. The first-order valence-corrected chi connectivity index (χ1v) is 6.61. The number of hydrogen-bond donors (Lipinski definition) is 2. The van der Waals surface area contributed by atoms with Crippen LogP contribution in [0.1, 0.15) is 27.9 Å². The number of amides is 1. The Hall–Kier alpha value is -1.18. The zero-order valence-corrected chi connectivity index (χ0v) is 12.5. The molecule has 108 valence electrons. The summed E-state index contributed by atoms with van der Waals surface area (Å²) >= 11 is 1.14. The molecule has 0 aliphatic rings. The van der Waals surface area contributed by atoms with Crippen molar-refractivity contribution < 1.29 is 9.72 Å². The molecule has 0 aromatic carbocycles. The van der Waals surface area contributed by atoms with Crippen molar-refractivity contribution in [2.75, 3.05) is 19.6 Å². The average molecular weight is 308 g/mol. The van der Waals surface area contributed by atoms with Gasteiger partial charge in [-0.05, 0) is 19.9 Å². The fraction of sp³-hybridized carbons (Fsp3) is 0.545. The Morgan fingerprint density at radius 3 is 2.63 bits per heavy atom. The summed E-state index contributed by atoms with van der Waals surface area (Å²) in [7, 11) is 0. The van der Waals surface area contributed by atoms with E-state index in [0.29, 0.717) is 22.8 Å². The first-order chi connectivity index (χ1) is 8.56. The van der Waals surface area contributed by atoms with Gasteiger partial charge in [-0.25, -0.2) is 0 Å². The lowest BCUT2D eigenvalue weighted by Gasteiger charge is -2.04. The van der Waals surface area contributed by atoms with E-state index in [0.717, 1.165) is 24.3 Å². The predicted molar refractivity (Wildman–Crippen MR) is 78.5 cm³/mol. The van der Waals surface area contributed by atoms with Crippen LogP contribution in [0, 0.1) is 17.0 Å². The second-order valence-corrected chi connectivity index (χ2v) is 5.07. The fourth-order valence-corrected chi connectivity index (χ4v) is 2.32. The topological polar surface area (TPSA) is 84.3 Å². The summed E-state index contributed by atoms with van der Waals surface area (Å²) in [5.41, 5.74) is 0.00857. The van der Waals surface area contributed by atoms with E-state index >= 15 is 0 Å². The summed E-state index contributed by atoms with van der Waals surface area (Å²) in [5.74, 6) is -0.255. The van der Waals surface area contributed by atoms with Gasteiger partial charge in [-0.3, -0.25) is 14.9 Å². The van der Waals surface area contributed by atoms with E-state index in [2.05, 4.69) is 17.6 Å². The van der Waals surface area contributed by atoms with E-state index in [-0.39, 0.29) is 24.0 Å². The molecule has 1 aromatic heterocycles. The first-order valence-electron chi connectivity index (χ1n) is 5.80. The van der Waals surface area contributed by atoms with Crippen LogP contribution in [0.25, 0.3) is 0 Å². The Morgan fingerprint density at radius 2 is 2.11 bits per heavy atom. The molecule has 0 bridgehead atoms. The number of nitrogens with one attached hydrogen (secondary N) is 2. The summed E-state index contributed by atoms with van der Waals surface area (Å²) in [4.78, 5) is 22.8. The van der Waals surface area contributed by atoms with Gasteiger partial charge < -0.3 is 10.6 Å². The van der Waals surface area contributed by atoms with E-state index in [9.17, 15) is 14.9 Å². The minimum atomic E-state index is -0.467. The molecule has 1 heterocycles. The van der Waals surface area contributed by atoms with Gasteiger partial charge in [-0.15, -0.1) is 23.7 Å². The van der Waals surface area contributed by atoms with Crippen molar-refractivity contribution in [2.24, 2.45) is 0 Å². The van der Waals surface area contributed by atoms with Crippen molar-refractivity contribution in [2.45, 2.75) is 20.3 Å². The molecule has 0 aliphatic heterocycles. The Morgan fingerprint density at radius 1 is 1.42 bits per heavy atom. The molecule has 0 unspecified atom stereocenters. The molecule has 1 aromatic rings. The Labute approximate surface area is 122 Å². The van der Waals surface area contributed by atoms with E-state index in [1.165, 1.54) is 6.07 Å². The Kier molecular flexibility index (Phi) is 8.29. The highest BCUT2D eigenvalue weighted by molar-refractivity contribution is 7.14. The maximum atomic E-state index is 11.7. The maximum absolute atomic E-state index is 11.7. The standard InChI is InChI=1S/C11H17N3O3S.ClH/c1-3-4-12-5-6-13-11(15)10-7-9(14(16)17)8(2)18-10;/h7,12H,3-6H2,1-2H3,(H,13,15);1H. The number of aryl methyl sites for hydroxylation is 1. The molecule has 6 nitrogen and oxygen atoms in total. The third-order valence-electron chi connectivity index (χ3n) is 2.33. The van der Waals surface area contributed by atoms with Crippen molar-refractivity contribution in [3.05, 3.63) is 25.9 Å². The molecule has 2 N–H and O–H groups in total. The van der Waals surface area contributed by atoms with Crippen LogP contribution in [0.15, 0.2) is 6.07 Å². The smallest absolute Gasteiger partial charge is 0.283 e. The third kappa shape index (κ3) is 5.54. The van der Waals surface area contributed by atoms with Gasteiger partial charge in [0, 0.05) is 19.2 Å². The quantitative estimate of drug-likeness (QED) is 0.459. The van der Waals surface area contributed by atoms with Gasteiger partial charge in [0.15, 0.2) is 0 Å². The molecule has 0 atom stereocenters. The molecule has 8 heteroatoms. The minimum Gasteiger partial charge on any atom is -0.350 e. The maximum Gasteiger partial charge on any atom is 0.283 e. The molecule has 0 aliphatic carbocycles. The highest BCUT2D eigenvalue weighted by Crippen LogP contribution is 2.27. The largest absolute Gasteiger partial charge is 0.350 e. The number of nitrogens with zero attached hydrogens (tertiary/aromatic N) is 1. The monoisotopic (exact) mass is 307 g/mol. The summed E-state index contributed by atoms with van der Waals surface area (Å²) in [5, 5.41) is 16.5. The van der Waals surface area contributed by atoms with Gasteiger partial charge in [0.2, 0.25) is 0 Å². The SMILES string of the molecule is CCCNCCNC(=O)c1cc([N+](=O)[O-])c(C)s1.Cl. The summed E-state index contributed by atoms with van der Waals surface area (Å²) in [6.07, 6.45) is 1.05. The van der Waals surface area contributed by atoms with Crippen LogP contribution in [0.4, 0.5) is 5.69 Å². The number of carbonyl (C=O) groups is 1. The van der Waals surface area contributed by atoms with Crippen LogP contribution in [0.2, 0.25) is 0 Å². The van der Waals surface area contributed by atoms with E-state index in [1.54, 1.807) is 6.92 Å². The molecule has 19 heavy (non-hydrogen) atoms. The van der Waals surface area contributed by atoms with Crippen LogP contribution in [0.5, 0.6) is 0 Å². The van der Waals surface area contributed by atoms with Crippen LogP contribution in [-0.2, 0) is 0 Å². The fourth-order valence-electron chi connectivity index (χ4n) is 1.42. The van der Waals surface area contributed by atoms with E-state index in [1.807, 2.05) is 0 Å². The van der Waals surface area contributed by atoms with Gasteiger partial charge in [0.05, 0.1) is 14.7 Å². The number of rotatable bonds is 7. The lowest BCUT2D eigenvalue weighted by molar-refractivity contribution is -0.385. The summed E-state index contributed by atoms with van der Waals surface area (Å²) in [6, 6.07) is 1.33. The van der Waals surface area contributed by atoms with Gasteiger partial charge in [0.1, 0.15) is 0 Å². The van der Waals surface area contributed by atoms with Crippen molar-refractivity contribution in [3.63, 3.8) is 0 Å². The second-order valence-electron chi connectivity index (χ2n) is 3.82. The lowest BCUT2D eigenvalue weighted by Crippen LogP contribution is -2.31. The lowest BCUT2D eigenvalue weighted by atomic mass is 10.3. The predicted octanol–water partition coefficient (Wildman–Crippen LogP) is 2.12. The normalized spacial score (nSPS) is 9.79. The van der Waals surface area contributed by atoms with E-state index in [4.69, 9.17) is 0 Å².